The number of amides is 1. The molecule has 0 atom stereocenters. The van der Waals surface area contributed by atoms with Crippen molar-refractivity contribution >= 4 is 29.1 Å². The van der Waals surface area contributed by atoms with E-state index in [1.165, 1.54) is 37.7 Å². The van der Waals surface area contributed by atoms with E-state index >= 15 is 0 Å². The minimum Gasteiger partial charge on any atom is -0.494 e. The lowest BCUT2D eigenvalue weighted by Gasteiger charge is -2.41. The summed E-state index contributed by atoms with van der Waals surface area (Å²) >= 11 is 0. The number of nitriles is 1. The summed E-state index contributed by atoms with van der Waals surface area (Å²) in [6, 6.07) is 6.03. The smallest absolute Gasteiger partial charge is 0.227 e. The maximum absolute atomic E-state index is 12.6. The first-order chi connectivity index (χ1) is 27.0. The number of nitrogens with one attached hydrogen (secondary N) is 3. The number of imidazole rings is 1. The third-order valence-corrected chi connectivity index (χ3v) is 9.22. The fraction of sp³-hybridized carbons (Fsp3) is 0.447. The number of aryl methyl sites for hydroxylation is 1. The molecule has 1 aliphatic heterocycles. The van der Waals surface area contributed by atoms with Gasteiger partial charge in [0.25, 0.3) is 0 Å². The normalized spacial score (nSPS) is 15.1. The summed E-state index contributed by atoms with van der Waals surface area (Å²) in [5, 5.41) is 15.8. The number of terminal acetylenes is 1. The molecule has 2 aliphatic rings. The Morgan fingerprint density at radius 1 is 1.21 bits per heavy atom. The molecule has 4 rings (SSSR count). The Kier molecular flexibility index (Phi) is 21.4. The van der Waals surface area contributed by atoms with Gasteiger partial charge in [-0.3, -0.25) is 14.7 Å². The van der Waals surface area contributed by atoms with Gasteiger partial charge in [0, 0.05) is 50.1 Å². The molecular weight excluding hydrogens is 695 g/mol. The van der Waals surface area contributed by atoms with Crippen molar-refractivity contribution in [3.8, 4) is 24.2 Å². The summed E-state index contributed by atoms with van der Waals surface area (Å²) in [6.07, 6.45) is 28.3. The summed E-state index contributed by atoms with van der Waals surface area (Å²) in [7, 11) is 3.37. The van der Waals surface area contributed by atoms with Crippen LogP contribution in [0.15, 0.2) is 83.7 Å². The molecule has 2 heterocycles. The van der Waals surface area contributed by atoms with E-state index in [0.29, 0.717) is 34.3 Å². The van der Waals surface area contributed by atoms with Crippen molar-refractivity contribution in [1.29, 1.82) is 5.26 Å². The molecule has 2 aromatic rings. The van der Waals surface area contributed by atoms with E-state index in [1.54, 1.807) is 27.3 Å². The predicted octanol–water partition coefficient (Wildman–Crippen LogP) is 10.0. The number of aliphatic imine (C=N–C) groups is 1. The molecule has 0 unspecified atom stereocenters. The van der Waals surface area contributed by atoms with Gasteiger partial charge in [-0.25, -0.2) is 4.98 Å². The zero-order valence-corrected chi connectivity index (χ0v) is 35.3. The Bertz CT molecular complexity index is 1830. The number of benzene rings is 1. The maximum Gasteiger partial charge on any atom is 0.227 e. The Balaban J connectivity index is 0.000000451. The quantitative estimate of drug-likeness (QED) is 0.0791. The SMILES string of the molecule is C#CC.C/C=C(\C=NC)c1c(C)ccc(N/C(=C/C(=C/CCC)NC(=O)C2CC2)c2ncc(C#N)[nH]2)c1OC.C=C(/C=C\C=C/CCC)CN1CC(C(C)C)C1. The number of hydrogen-bond donors (Lipinski definition) is 3. The second-order valence-electron chi connectivity index (χ2n) is 14.3. The van der Waals surface area contributed by atoms with E-state index in [2.05, 4.69) is 107 Å². The van der Waals surface area contributed by atoms with Gasteiger partial charge in [-0.1, -0.05) is 89.6 Å². The van der Waals surface area contributed by atoms with Crippen LogP contribution in [-0.4, -0.2) is 60.8 Å². The van der Waals surface area contributed by atoms with Crippen LogP contribution in [0.4, 0.5) is 5.69 Å². The fourth-order valence-corrected chi connectivity index (χ4v) is 5.82. The monoisotopic (exact) mass is 760 g/mol. The van der Waals surface area contributed by atoms with E-state index in [1.807, 2.05) is 44.2 Å². The number of carbonyl (C=O) groups is 1. The Labute approximate surface area is 337 Å². The Hall–Kier alpha value is -5.38. The van der Waals surface area contributed by atoms with Crippen LogP contribution in [0.2, 0.25) is 0 Å². The van der Waals surface area contributed by atoms with E-state index in [-0.39, 0.29) is 11.8 Å². The molecule has 1 amide bonds. The number of anilines is 1. The molecule has 0 radical (unpaired) electrons. The van der Waals surface area contributed by atoms with Crippen molar-refractivity contribution in [1.82, 2.24) is 20.2 Å². The number of likely N-dealkylation sites (tertiary alicyclic amines) is 1. The number of aromatic nitrogens is 2. The second-order valence-corrected chi connectivity index (χ2v) is 14.3. The summed E-state index contributed by atoms with van der Waals surface area (Å²) in [4.78, 5) is 26.7. The van der Waals surface area contributed by atoms with E-state index < -0.39 is 0 Å². The minimum absolute atomic E-state index is 0.0249. The van der Waals surface area contributed by atoms with Gasteiger partial charge in [-0.15, -0.1) is 12.3 Å². The van der Waals surface area contributed by atoms with Crippen LogP contribution in [0.3, 0.4) is 0 Å². The first-order valence-electron chi connectivity index (χ1n) is 19.8. The second kappa shape index (κ2) is 25.7. The lowest BCUT2D eigenvalue weighted by molar-refractivity contribution is -0.121. The van der Waals surface area contributed by atoms with E-state index in [0.717, 1.165) is 60.8 Å². The molecule has 300 valence electrons. The van der Waals surface area contributed by atoms with Gasteiger partial charge in [0.2, 0.25) is 5.91 Å². The van der Waals surface area contributed by atoms with Gasteiger partial charge >= 0.3 is 0 Å². The minimum atomic E-state index is 0.0249. The van der Waals surface area contributed by atoms with Gasteiger partial charge < -0.3 is 20.4 Å². The highest BCUT2D eigenvalue weighted by Crippen LogP contribution is 2.37. The average Bonchev–Trinajstić information content (AvgIpc) is 3.91. The molecule has 0 bridgehead atoms. The van der Waals surface area contributed by atoms with E-state index in [9.17, 15) is 10.1 Å². The highest BCUT2D eigenvalue weighted by Gasteiger charge is 2.30. The number of unbranched alkanes of at least 4 members (excludes halogenated alkanes) is 2. The summed E-state index contributed by atoms with van der Waals surface area (Å²) in [5.74, 6) is 5.20. The number of nitrogens with zero attached hydrogens (tertiary/aromatic N) is 4. The number of allylic oxidation sites excluding steroid dienone is 7. The van der Waals surface area contributed by atoms with Crippen molar-refractivity contribution in [2.75, 3.05) is 39.1 Å². The van der Waals surface area contributed by atoms with Crippen LogP contribution in [0.1, 0.15) is 103 Å². The molecule has 9 heteroatoms. The highest BCUT2D eigenvalue weighted by atomic mass is 16.5. The topological polar surface area (TPSA) is 118 Å². The number of H-pyrrole nitrogens is 1. The summed E-state index contributed by atoms with van der Waals surface area (Å²) < 4.78 is 5.86. The maximum atomic E-state index is 12.6. The average molecular weight is 760 g/mol. The lowest BCUT2D eigenvalue weighted by Crippen LogP contribution is -2.49. The van der Waals surface area contributed by atoms with Crippen LogP contribution in [-0.2, 0) is 4.79 Å². The van der Waals surface area contributed by atoms with E-state index in [4.69, 9.17) is 4.74 Å². The summed E-state index contributed by atoms with van der Waals surface area (Å²) in [6.45, 7) is 22.2. The molecule has 1 aromatic heterocycles. The third-order valence-electron chi connectivity index (χ3n) is 9.22. The lowest BCUT2D eigenvalue weighted by atomic mass is 9.88. The number of hydrogen-bond acceptors (Lipinski definition) is 7. The highest BCUT2D eigenvalue weighted by molar-refractivity contribution is 6.12. The zero-order valence-electron chi connectivity index (χ0n) is 35.3. The van der Waals surface area contributed by atoms with Crippen molar-refractivity contribution < 1.29 is 9.53 Å². The van der Waals surface area contributed by atoms with Crippen molar-refractivity contribution in [2.24, 2.45) is 22.7 Å². The molecule has 1 saturated heterocycles. The molecule has 56 heavy (non-hydrogen) atoms. The van der Waals surface area contributed by atoms with Crippen LogP contribution in [0.5, 0.6) is 5.75 Å². The van der Waals surface area contributed by atoms with Gasteiger partial charge in [-0.05, 0) is 87.1 Å². The fourth-order valence-electron chi connectivity index (χ4n) is 5.82. The first-order valence-corrected chi connectivity index (χ1v) is 19.8. The zero-order chi connectivity index (χ0) is 41.5. The molecular formula is C47H65N7O2. The van der Waals surface area contributed by atoms with Crippen molar-refractivity contribution in [3.63, 3.8) is 0 Å². The molecule has 2 fully saturated rings. The standard InChI is InChI=1S/C28H34N6O2.C16H27N.C3H4/c1-6-8-9-21(33-28(35)20-11-12-20)14-24(27-31-17-22(15-29)32-27)34-23-13-10-18(3)25(26(23)36-5)19(7-2)16-30-4;1-5-6-7-8-9-10-15(4)11-17-12-16(13-17)14(2)3;1-3-2/h7,9-10,13-14,16-17,20,34H,6,8,11-12H2,1-5H3,(H,31,32)(H,33,35);7-10,14,16H,4-6,11-13H2,1-3H3;1H,2H3/b19-7+,21-9-,24-14+,30-16?;8-7-,10-9-;. The van der Waals surface area contributed by atoms with Crippen LogP contribution < -0.4 is 15.4 Å². The van der Waals surface area contributed by atoms with Gasteiger partial charge in [0.15, 0.2) is 5.82 Å². The number of rotatable bonds is 18. The van der Waals surface area contributed by atoms with Crippen LogP contribution in [0.25, 0.3) is 11.3 Å². The van der Waals surface area contributed by atoms with Gasteiger partial charge in [0.05, 0.1) is 24.7 Å². The number of ether oxygens (including phenoxy) is 1. The molecule has 3 N–H and O–H groups in total. The van der Waals surface area contributed by atoms with Gasteiger partial charge in [0.1, 0.15) is 17.5 Å². The molecule has 1 aromatic carbocycles. The predicted molar refractivity (Wildman–Crippen MR) is 236 cm³/mol. The Morgan fingerprint density at radius 2 is 1.91 bits per heavy atom. The van der Waals surface area contributed by atoms with Crippen molar-refractivity contribution in [2.45, 2.75) is 87.0 Å². The van der Waals surface area contributed by atoms with Crippen LogP contribution in [0, 0.1) is 48.4 Å². The van der Waals surface area contributed by atoms with Crippen LogP contribution >= 0.6 is 0 Å². The number of carbonyl (C=O) groups excluding carboxylic acids is 1. The largest absolute Gasteiger partial charge is 0.494 e. The molecule has 0 spiro atoms. The van der Waals surface area contributed by atoms with Gasteiger partial charge in [-0.2, -0.15) is 5.26 Å². The number of aromatic amines is 1. The third kappa shape index (κ3) is 15.8. The molecule has 9 nitrogen and oxygen atoms in total. The molecule has 1 saturated carbocycles. The first kappa shape index (κ1) is 46.8. The molecule has 1 aliphatic carbocycles. The van der Waals surface area contributed by atoms with Crippen molar-refractivity contribution in [3.05, 3.63) is 101 Å². The summed E-state index contributed by atoms with van der Waals surface area (Å²) in [5.41, 5.74) is 6.45. The number of methoxy groups -OCH3 is 1. The Morgan fingerprint density at radius 3 is 2.46 bits per heavy atom.